The Kier molecular flexibility index (Phi) is 2.50. The Morgan fingerprint density at radius 2 is 1.94 bits per heavy atom. The van der Waals surface area contributed by atoms with E-state index in [2.05, 4.69) is 6.33 Å². The van der Waals surface area contributed by atoms with Crippen LogP contribution in [0, 0.1) is 31.8 Å². The molecule has 0 unspecified atom stereocenters. The second-order valence-electron chi connectivity index (χ2n) is 3.76. The summed E-state index contributed by atoms with van der Waals surface area (Å²) in [6.45, 7) is 3.79. The van der Waals surface area contributed by atoms with Gasteiger partial charge in [-0.05, 0) is 19.9 Å². The van der Waals surface area contributed by atoms with Crippen molar-refractivity contribution in [3.05, 3.63) is 47.5 Å². The van der Waals surface area contributed by atoms with Gasteiger partial charge in [0.25, 0.3) is 0 Å². The molecule has 0 aliphatic rings. The predicted octanol–water partition coefficient (Wildman–Crippen LogP) is 2.00. The fourth-order valence-electron chi connectivity index (χ4n) is 1.60. The summed E-state index contributed by atoms with van der Waals surface area (Å²) in [4.78, 5) is 0. The molecular formula is C12H12F2N2. The van der Waals surface area contributed by atoms with Crippen LogP contribution in [-0.2, 0) is 7.05 Å². The van der Waals surface area contributed by atoms with E-state index in [9.17, 15) is 8.78 Å². The van der Waals surface area contributed by atoms with Gasteiger partial charge in [0.2, 0.25) is 6.33 Å². The highest BCUT2D eigenvalue weighted by molar-refractivity contribution is 5.35. The molecule has 0 atom stereocenters. The summed E-state index contributed by atoms with van der Waals surface area (Å²) in [5, 5.41) is 0. The SMILES string of the molecule is Cc1c(C)[n+](C)[c-]n1-c1ccc(F)cc1F. The fraction of sp³-hybridized carbons (Fsp3) is 0.250. The van der Waals surface area contributed by atoms with E-state index >= 15 is 0 Å². The van der Waals surface area contributed by atoms with Gasteiger partial charge in [0.15, 0.2) is 0 Å². The first-order valence-corrected chi connectivity index (χ1v) is 4.93. The van der Waals surface area contributed by atoms with Gasteiger partial charge in [-0.1, -0.05) is 6.07 Å². The second-order valence-corrected chi connectivity index (χ2v) is 3.76. The molecule has 4 heteroatoms. The molecule has 0 N–H and O–H groups in total. The van der Waals surface area contributed by atoms with Gasteiger partial charge < -0.3 is 9.13 Å². The van der Waals surface area contributed by atoms with E-state index in [0.29, 0.717) is 5.69 Å². The summed E-state index contributed by atoms with van der Waals surface area (Å²) >= 11 is 0. The van der Waals surface area contributed by atoms with Crippen LogP contribution in [-0.4, -0.2) is 4.57 Å². The summed E-state index contributed by atoms with van der Waals surface area (Å²) in [6, 6.07) is 3.52. The average molecular weight is 222 g/mol. The molecular weight excluding hydrogens is 210 g/mol. The van der Waals surface area contributed by atoms with E-state index in [-0.39, 0.29) is 0 Å². The minimum Gasteiger partial charge on any atom is -0.321 e. The summed E-state index contributed by atoms with van der Waals surface area (Å²) in [5.41, 5.74) is 2.18. The Hall–Kier alpha value is -1.71. The molecule has 0 saturated heterocycles. The molecule has 0 radical (unpaired) electrons. The molecule has 1 aromatic carbocycles. The fourth-order valence-corrected chi connectivity index (χ4v) is 1.60. The van der Waals surface area contributed by atoms with Crippen LogP contribution in [0.5, 0.6) is 0 Å². The van der Waals surface area contributed by atoms with Crippen molar-refractivity contribution in [2.75, 3.05) is 0 Å². The molecule has 1 aromatic heterocycles. The van der Waals surface area contributed by atoms with Crippen LogP contribution in [0.1, 0.15) is 11.4 Å². The van der Waals surface area contributed by atoms with Crippen LogP contribution in [0.4, 0.5) is 8.78 Å². The Morgan fingerprint density at radius 3 is 2.44 bits per heavy atom. The Morgan fingerprint density at radius 1 is 1.25 bits per heavy atom. The monoisotopic (exact) mass is 222 g/mol. The molecule has 16 heavy (non-hydrogen) atoms. The number of hydrogen-bond acceptors (Lipinski definition) is 0. The smallest absolute Gasteiger partial charge is 0.243 e. The topological polar surface area (TPSA) is 8.81 Å². The minimum atomic E-state index is -0.588. The Bertz CT molecular complexity index is 544. The second kappa shape index (κ2) is 3.70. The van der Waals surface area contributed by atoms with E-state index in [4.69, 9.17) is 0 Å². The van der Waals surface area contributed by atoms with Gasteiger partial charge in [-0.15, -0.1) is 0 Å². The zero-order valence-corrected chi connectivity index (χ0v) is 9.38. The zero-order chi connectivity index (χ0) is 11.9. The molecule has 0 saturated carbocycles. The zero-order valence-electron chi connectivity index (χ0n) is 9.38. The lowest BCUT2D eigenvalue weighted by Crippen LogP contribution is -2.29. The summed E-state index contributed by atoms with van der Waals surface area (Å²) in [5.74, 6) is -1.16. The number of nitrogens with zero attached hydrogens (tertiary/aromatic N) is 2. The van der Waals surface area contributed by atoms with Crippen molar-refractivity contribution >= 4 is 0 Å². The van der Waals surface area contributed by atoms with E-state index in [1.807, 2.05) is 20.9 Å². The number of aryl methyl sites for hydroxylation is 1. The van der Waals surface area contributed by atoms with Crippen molar-refractivity contribution in [3.63, 3.8) is 0 Å². The number of imidazole rings is 1. The first kappa shape index (κ1) is 10.8. The third-order valence-electron chi connectivity index (χ3n) is 2.76. The highest BCUT2D eigenvalue weighted by Crippen LogP contribution is 2.16. The molecule has 0 amide bonds. The average Bonchev–Trinajstić information content (AvgIpc) is 2.46. The quantitative estimate of drug-likeness (QED) is 0.515. The largest absolute Gasteiger partial charge is 0.321 e. The Labute approximate surface area is 92.8 Å². The van der Waals surface area contributed by atoms with Crippen LogP contribution in [0.15, 0.2) is 18.2 Å². The van der Waals surface area contributed by atoms with Crippen molar-refractivity contribution in [2.45, 2.75) is 13.8 Å². The van der Waals surface area contributed by atoms with Gasteiger partial charge in [0, 0.05) is 17.5 Å². The van der Waals surface area contributed by atoms with Crippen LogP contribution >= 0.6 is 0 Å². The predicted molar refractivity (Wildman–Crippen MR) is 55.2 cm³/mol. The summed E-state index contributed by atoms with van der Waals surface area (Å²) < 4.78 is 29.7. The van der Waals surface area contributed by atoms with Crippen LogP contribution in [0.3, 0.4) is 0 Å². The third kappa shape index (κ3) is 1.60. The molecule has 2 nitrogen and oxygen atoms in total. The highest BCUT2D eigenvalue weighted by atomic mass is 19.1. The molecule has 84 valence electrons. The van der Waals surface area contributed by atoms with Crippen LogP contribution < -0.4 is 4.57 Å². The third-order valence-corrected chi connectivity index (χ3v) is 2.76. The van der Waals surface area contributed by atoms with Gasteiger partial charge in [-0.3, -0.25) is 0 Å². The normalized spacial score (nSPS) is 10.8. The number of halogens is 2. The van der Waals surface area contributed by atoms with Gasteiger partial charge in [0.05, 0.1) is 12.7 Å². The lowest BCUT2D eigenvalue weighted by atomic mass is 10.2. The minimum absolute atomic E-state index is 0.308. The maximum Gasteiger partial charge on any atom is 0.243 e. The molecule has 0 aliphatic heterocycles. The highest BCUT2D eigenvalue weighted by Gasteiger charge is 2.11. The first-order valence-electron chi connectivity index (χ1n) is 4.93. The molecule has 0 fully saturated rings. The standard InChI is InChI=1S/C12H12F2N2/c1-8-9(2)16(7-15(8)3)12-5-4-10(13)6-11(12)14/h4-6H,1-3H3. The van der Waals surface area contributed by atoms with E-state index in [0.717, 1.165) is 17.5 Å². The lowest BCUT2D eigenvalue weighted by Gasteiger charge is -2.07. The van der Waals surface area contributed by atoms with Gasteiger partial charge in [-0.25, -0.2) is 8.78 Å². The van der Waals surface area contributed by atoms with E-state index in [1.54, 1.807) is 9.13 Å². The Balaban J connectivity index is 2.63. The van der Waals surface area contributed by atoms with Crippen LogP contribution in [0.2, 0.25) is 0 Å². The van der Waals surface area contributed by atoms with E-state index < -0.39 is 11.6 Å². The molecule has 2 aromatic rings. The van der Waals surface area contributed by atoms with E-state index in [1.165, 1.54) is 12.1 Å². The number of benzene rings is 1. The van der Waals surface area contributed by atoms with Gasteiger partial charge in [0.1, 0.15) is 11.6 Å². The molecule has 0 spiro atoms. The maximum absolute atomic E-state index is 13.6. The number of hydrogen-bond donors (Lipinski definition) is 0. The lowest BCUT2D eigenvalue weighted by molar-refractivity contribution is -0.681. The molecule has 0 aliphatic carbocycles. The number of rotatable bonds is 1. The van der Waals surface area contributed by atoms with Crippen molar-refractivity contribution in [3.8, 4) is 5.69 Å². The van der Waals surface area contributed by atoms with Crippen molar-refractivity contribution < 1.29 is 13.3 Å². The van der Waals surface area contributed by atoms with Crippen molar-refractivity contribution in [1.82, 2.24) is 4.57 Å². The summed E-state index contributed by atoms with van der Waals surface area (Å²) in [7, 11) is 1.83. The van der Waals surface area contributed by atoms with Gasteiger partial charge >= 0.3 is 0 Å². The van der Waals surface area contributed by atoms with Crippen molar-refractivity contribution in [2.24, 2.45) is 7.05 Å². The first-order chi connectivity index (χ1) is 7.50. The molecule has 0 bridgehead atoms. The maximum atomic E-state index is 13.6. The van der Waals surface area contributed by atoms with Gasteiger partial charge in [-0.2, -0.15) is 0 Å². The molecule has 2 rings (SSSR count). The molecule has 1 heterocycles. The summed E-state index contributed by atoms with van der Waals surface area (Å²) in [6.07, 6.45) is 2.96. The van der Waals surface area contributed by atoms with Crippen molar-refractivity contribution in [1.29, 1.82) is 0 Å². The van der Waals surface area contributed by atoms with Crippen LogP contribution in [0.25, 0.3) is 5.69 Å². The number of aromatic nitrogens is 2.